The molecule has 1 aliphatic heterocycles. The summed E-state index contributed by atoms with van der Waals surface area (Å²) < 4.78 is 0. The van der Waals surface area contributed by atoms with Crippen molar-refractivity contribution < 1.29 is 39.3 Å². The minimum Gasteiger partial charge on any atom is -0.507 e. The van der Waals surface area contributed by atoms with Gasteiger partial charge in [0.1, 0.15) is 35.7 Å². The van der Waals surface area contributed by atoms with Gasteiger partial charge in [-0.2, -0.15) is 0 Å². The Morgan fingerprint density at radius 3 is 2.11 bits per heavy atom. The number of hydrogen-bond acceptors (Lipinski definition) is 8. The Hall–Kier alpha value is -5.92. The number of unbranched alkanes of at least 4 members (excludes halogenated alkanes) is 1. The number of amides is 4. The van der Waals surface area contributed by atoms with Gasteiger partial charge in [-0.15, -0.1) is 0 Å². The summed E-state index contributed by atoms with van der Waals surface area (Å²) >= 11 is 6.02. The highest BCUT2D eigenvalue weighted by Gasteiger charge is 2.36. The zero-order chi connectivity index (χ0) is 39.1. The van der Waals surface area contributed by atoms with Gasteiger partial charge in [0, 0.05) is 35.2 Å². The number of phenolic OH excluding ortho intramolecular Hbond substituents is 2. The van der Waals surface area contributed by atoms with Crippen molar-refractivity contribution >= 4 is 41.2 Å². The van der Waals surface area contributed by atoms with E-state index < -0.39 is 53.8 Å². The molecule has 0 saturated heterocycles. The van der Waals surface area contributed by atoms with Gasteiger partial charge in [0.15, 0.2) is 0 Å². The second-order valence-corrected chi connectivity index (χ2v) is 13.6. The third-order valence-corrected chi connectivity index (χ3v) is 9.60. The van der Waals surface area contributed by atoms with E-state index in [4.69, 9.17) is 17.3 Å². The van der Waals surface area contributed by atoms with E-state index in [1.807, 2.05) is 12.1 Å². The topological polar surface area (TPSA) is 211 Å². The molecule has 54 heavy (non-hydrogen) atoms. The fourth-order valence-electron chi connectivity index (χ4n) is 6.33. The first kappa shape index (κ1) is 39.3. The highest BCUT2D eigenvalue weighted by Crippen LogP contribution is 2.39. The number of phenols is 2. The van der Waals surface area contributed by atoms with Crippen LogP contribution in [0.25, 0.3) is 22.3 Å². The standard InChI is InChI=1S/C40H42ClN5O8/c1-22-36(49)45-32(40(53)54)20-23-6-16-33(47)29(19-23)30-21-27(13-17-34(30)48)35(38(51)43-22)46(2)39(52)31(5-3-4-18-42)44-37(50)26-9-7-24(8-10-26)25-11-14-28(41)15-12-25/h6-17,19,21-22,31-32,35,47-48H,3-5,18,20,42H2,1-2H3,(H,43,51)(H,44,50)(H,45,49)(H,53,54)/t22-,31-,32-,35-/m0/s1. The van der Waals surface area contributed by atoms with Gasteiger partial charge in [0.2, 0.25) is 17.7 Å². The van der Waals surface area contributed by atoms with Crippen molar-refractivity contribution in [3.05, 3.63) is 107 Å². The van der Waals surface area contributed by atoms with Gasteiger partial charge >= 0.3 is 5.97 Å². The lowest BCUT2D eigenvalue weighted by Crippen LogP contribution is -2.54. The molecule has 0 radical (unpaired) electrons. The van der Waals surface area contributed by atoms with Crippen LogP contribution in [-0.4, -0.2) is 81.5 Å². The molecule has 282 valence electrons. The number of fused-ring (bicyclic) bond motifs is 5. The smallest absolute Gasteiger partial charge is 0.326 e. The molecular weight excluding hydrogens is 714 g/mol. The molecule has 1 heterocycles. The number of carbonyl (C=O) groups is 5. The minimum atomic E-state index is -1.41. The maximum atomic E-state index is 14.4. The zero-order valence-corrected chi connectivity index (χ0v) is 30.5. The Bertz CT molecular complexity index is 2040. The molecule has 0 aromatic heterocycles. The Morgan fingerprint density at radius 2 is 1.48 bits per heavy atom. The van der Waals surface area contributed by atoms with Crippen LogP contribution < -0.4 is 21.7 Å². The molecule has 4 aromatic rings. The number of benzene rings is 4. The molecule has 4 amide bonds. The highest BCUT2D eigenvalue weighted by atomic mass is 35.5. The monoisotopic (exact) mass is 755 g/mol. The van der Waals surface area contributed by atoms with E-state index in [-0.39, 0.29) is 41.0 Å². The van der Waals surface area contributed by atoms with Gasteiger partial charge in [-0.05, 0) is 104 Å². The predicted molar refractivity (Wildman–Crippen MR) is 203 cm³/mol. The van der Waals surface area contributed by atoms with Crippen LogP contribution in [0.5, 0.6) is 11.5 Å². The summed E-state index contributed by atoms with van der Waals surface area (Å²) in [7, 11) is 1.38. The van der Waals surface area contributed by atoms with Gasteiger partial charge in [0.25, 0.3) is 5.91 Å². The first-order valence-corrected chi connectivity index (χ1v) is 17.8. The van der Waals surface area contributed by atoms with Crippen molar-refractivity contribution in [2.75, 3.05) is 13.6 Å². The first-order chi connectivity index (χ1) is 25.8. The van der Waals surface area contributed by atoms with Gasteiger partial charge in [-0.3, -0.25) is 19.2 Å². The Kier molecular flexibility index (Phi) is 12.6. The number of rotatable bonds is 10. The fourth-order valence-corrected chi connectivity index (χ4v) is 6.45. The molecule has 14 heteroatoms. The molecule has 4 bridgehead atoms. The number of aliphatic carboxylic acids is 1. The van der Waals surface area contributed by atoms with Crippen molar-refractivity contribution in [1.82, 2.24) is 20.9 Å². The molecule has 0 saturated carbocycles. The summed E-state index contributed by atoms with van der Waals surface area (Å²) in [6.07, 6.45) is 1.09. The van der Waals surface area contributed by atoms with Crippen molar-refractivity contribution in [2.45, 2.75) is 56.8 Å². The lowest BCUT2D eigenvalue weighted by Gasteiger charge is -2.32. The summed E-state index contributed by atoms with van der Waals surface area (Å²) in [5, 5.41) is 40.1. The minimum absolute atomic E-state index is 0.112. The molecular formula is C40H42ClN5O8. The third kappa shape index (κ3) is 9.17. The molecule has 4 aromatic carbocycles. The summed E-state index contributed by atoms with van der Waals surface area (Å²) in [4.78, 5) is 68.5. The Morgan fingerprint density at radius 1 is 0.870 bits per heavy atom. The fraction of sp³-hybridized carbons (Fsp3) is 0.275. The maximum absolute atomic E-state index is 14.4. The van der Waals surface area contributed by atoms with Crippen LogP contribution in [0.1, 0.15) is 53.7 Å². The van der Waals surface area contributed by atoms with E-state index >= 15 is 0 Å². The number of carbonyl (C=O) groups excluding carboxylic acids is 4. The summed E-state index contributed by atoms with van der Waals surface area (Å²) in [5.74, 6) is -4.53. The van der Waals surface area contributed by atoms with Gasteiger partial charge in [0.05, 0.1) is 0 Å². The van der Waals surface area contributed by atoms with Crippen LogP contribution in [0, 0.1) is 0 Å². The van der Waals surface area contributed by atoms with Crippen molar-refractivity contribution in [1.29, 1.82) is 0 Å². The molecule has 5 rings (SSSR count). The Labute approximate surface area is 317 Å². The average molecular weight is 756 g/mol. The van der Waals surface area contributed by atoms with Gasteiger partial charge < -0.3 is 41.9 Å². The zero-order valence-electron chi connectivity index (χ0n) is 29.7. The van der Waals surface area contributed by atoms with Crippen molar-refractivity contribution in [2.24, 2.45) is 5.73 Å². The van der Waals surface area contributed by atoms with Crippen molar-refractivity contribution in [3.8, 4) is 33.8 Å². The van der Waals surface area contributed by atoms with E-state index in [2.05, 4.69) is 16.0 Å². The summed E-state index contributed by atoms with van der Waals surface area (Å²) in [6, 6.07) is 17.5. The lowest BCUT2D eigenvalue weighted by atomic mass is 9.93. The second-order valence-electron chi connectivity index (χ2n) is 13.2. The summed E-state index contributed by atoms with van der Waals surface area (Å²) in [5.41, 5.74) is 8.70. The highest BCUT2D eigenvalue weighted by molar-refractivity contribution is 6.30. The number of nitrogens with two attached hydrogens (primary N) is 1. The maximum Gasteiger partial charge on any atom is 0.326 e. The van der Waals surface area contributed by atoms with E-state index in [0.29, 0.717) is 35.5 Å². The largest absolute Gasteiger partial charge is 0.507 e. The van der Waals surface area contributed by atoms with Crippen LogP contribution in [-0.2, 0) is 25.6 Å². The van der Waals surface area contributed by atoms with Gasteiger partial charge in [-0.1, -0.05) is 48.0 Å². The predicted octanol–water partition coefficient (Wildman–Crippen LogP) is 4.14. The number of nitrogens with one attached hydrogen (secondary N) is 3. The molecule has 0 aliphatic carbocycles. The third-order valence-electron chi connectivity index (χ3n) is 9.35. The molecule has 0 fully saturated rings. The van der Waals surface area contributed by atoms with Crippen LogP contribution in [0.3, 0.4) is 0 Å². The van der Waals surface area contributed by atoms with Gasteiger partial charge in [-0.25, -0.2) is 4.79 Å². The van der Waals surface area contributed by atoms with Crippen LogP contribution >= 0.6 is 11.6 Å². The number of halogens is 1. The molecule has 0 unspecified atom stereocenters. The second kappa shape index (κ2) is 17.3. The molecule has 13 nitrogen and oxygen atoms in total. The molecule has 4 atom stereocenters. The number of hydrogen-bond donors (Lipinski definition) is 7. The van der Waals surface area contributed by atoms with E-state index in [1.165, 1.54) is 50.4 Å². The number of likely N-dealkylation sites (N-methyl/N-ethyl adjacent to an activating group) is 1. The Balaban J connectivity index is 1.50. The van der Waals surface area contributed by atoms with E-state index in [9.17, 15) is 39.3 Å². The number of aromatic hydroxyl groups is 2. The number of carboxylic acid groups (broad SMARTS) is 1. The van der Waals surface area contributed by atoms with Crippen LogP contribution in [0.2, 0.25) is 5.02 Å². The SMILES string of the molecule is C[C@@H]1NC(=O)[C@@H](N(C)C(=O)[C@H](CCCCN)NC(=O)c2ccc(-c3ccc(Cl)cc3)cc2)c2ccc(O)c(c2)-c2cc(ccc2O)C[C@@H](C(=O)O)NC1=O. The lowest BCUT2D eigenvalue weighted by molar-refractivity contribution is -0.143. The van der Waals surface area contributed by atoms with Crippen LogP contribution in [0.15, 0.2) is 84.9 Å². The number of nitrogens with zero attached hydrogens (tertiary/aromatic N) is 1. The average Bonchev–Trinajstić information content (AvgIpc) is 3.15. The van der Waals surface area contributed by atoms with Crippen molar-refractivity contribution in [3.63, 3.8) is 0 Å². The van der Waals surface area contributed by atoms with E-state index in [0.717, 1.165) is 16.0 Å². The quantitative estimate of drug-likeness (QED) is 0.116. The normalized spacial score (nSPS) is 17.7. The molecule has 0 spiro atoms. The summed E-state index contributed by atoms with van der Waals surface area (Å²) in [6.45, 7) is 1.74. The number of carboxylic acids is 1. The van der Waals surface area contributed by atoms with E-state index in [1.54, 1.807) is 36.4 Å². The first-order valence-electron chi connectivity index (χ1n) is 17.4. The molecule has 8 N–H and O–H groups in total. The van der Waals surface area contributed by atoms with Crippen LogP contribution in [0.4, 0.5) is 0 Å². The molecule has 1 aliphatic rings.